The Labute approximate surface area is 213 Å². The summed E-state index contributed by atoms with van der Waals surface area (Å²) >= 11 is 0. The van der Waals surface area contributed by atoms with Crippen molar-refractivity contribution >= 4 is 15.9 Å². The smallest absolute Gasteiger partial charge is 0.351 e. The van der Waals surface area contributed by atoms with Crippen LogP contribution in [0.4, 0.5) is 17.6 Å². The van der Waals surface area contributed by atoms with Gasteiger partial charge in [-0.25, -0.2) is 22.5 Å². The largest absolute Gasteiger partial charge is 0.433 e. The first-order valence-electron chi connectivity index (χ1n) is 11.4. The summed E-state index contributed by atoms with van der Waals surface area (Å²) in [7, 11) is -3.50. The fourth-order valence-corrected chi connectivity index (χ4v) is 4.06. The molecule has 11 heteroatoms. The van der Waals surface area contributed by atoms with Crippen molar-refractivity contribution in [1.29, 1.82) is 0 Å². The summed E-state index contributed by atoms with van der Waals surface area (Å²) in [6.07, 6.45) is -2.90. The van der Waals surface area contributed by atoms with E-state index in [1.165, 1.54) is 18.2 Å². The molecule has 0 saturated carbocycles. The number of hydrogen-bond acceptors (Lipinski definition) is 4. The molecule has 0 fully saturated rings. The predicted molar refractivity (Wildman–Crippen MR) is 131 cm³/mol. The topological polar surface area (TPSA) is 88.2 Å². The molecule has 1 heterocycles. The fourth-order valence-electron chi connectivity index (χ4n) is 3.64. The zero-order valence-corrected chi connectivity index (χ0v) is 21.1. The second-order valence-corrected chi connectivity index (χ2v) is 10.5. The molecule has 1 amide bonds. The van der Waals surface area contributed by atoms with Crippen molar-refractivity contribution in [2.24, 2.45) is 0 Å². The Morgan fingerprint density at radius 2 is 1.65 bits per heavy atom. The number of hydrogen-bond donors (Lipinski definition) is 2. The van der Waals surface area contributed by atoms with Crippen LogP contribution in [0.3, 0.4) is 0 Å². The van der Waals surface area contributed by atoms with Crippen LogP contribution in [0.25, 0.3) is 0 Å². The Balaban J connectivity index is 1.71. The molecule has 6 nitrogen and oxygen atoms in total. The van der Waals surface area contributed by atoms with Gasteiger partial charge in [0.1, 0.15) is 11.5 Å². The van der Waals surface area contributed by atoms with E-state index in [0.29, 0.717) is 17.5 Å². The van der Waals surface area contributed by atoms with E-state index < -0.39 is 39.5 Å². The number of nitrogens with zero attached hydrogens (tertiary/aromatic N) is 1. The van der Waals surface area contributed by atoms with Crippen LogP contribution in [0.15, 0.2) is 60.7 Å². The maximum absolute atomic E-state index is 14.4. The zero-order chi connectivity index (χ0) is 27.2. The van der Waals surface area contributed by atoms with Crippen molar-refractivity contribution in [1.82, 2.24) is 15.0 Å². The van der Waals surface area contributed by atoms with Crippen molar-refractivity contribution in [3.05, 3.63) is 100 Å². The van der Waals surface area contributed by atoms with Gasteiger partial charge in [-0.05, 0) is 48.6 Å². The molecular weight excluding hydrogens is 510 g/mol. The lowest BCUT2D eigenvalue weighted by molar-refractivity contribution is -0.141. The second kappa shape index (κ2) is 11.8. The van der Waals surface area contributed by atoms with Crippen LogP contribution in [-0.4, -0.2) is 25.6 Å². The third-order valence-electron chi connectivity index (χ3n) is 5.80. The lowest BCUT2D eigenvalue weighted by atomic mass is 9.98. The zero-order valence-electron chi connectivity index (χ0n) is 20.3. The molecule has 0 aliphatic carbocycles. The third kappa shape index (κ3) is 8.36. The molecule has 0 aliphatic rings. The van der Waals surface area contributed by atoms with E-state index in [-0.39, 0.29) is 30.8 Å². The van der Waals surface area contributed by atoms with E-state index >= 15 is 0 Å². The number of halogens is 4. The van der Waals surface area contributed by atoms with E-state index in [4.69, 9.17) is 0 Å². The molecule has 1 atom stereocenters. The molecule has 3 aromatic rings. The van der Waals surface area contributed by atoms with Crippen molar-refractivity contribution in [2.75, 3.05) is 6.26 Å². The number of alkyl halides is 3. The van der Waals surface area contributed by atoms with Crippen molar-refractivity contribution in [2.45, 2.75) is 44.9 Å². The van der Waals surface area contributed by atoms with E-state index in [2.05, 4.69) is 15.0 Å². The van der Waals surface area contributed by atoms with Crippen molar-refractivity contribution < 1.29 is 30.8 Å². The Bertz CT molecular complexity index is 1350. The summed E-state index contributed by atoms with van der Waals surface area (Å²) in [5, 5.41) is 2.70. The first kappa shape index (κ1) is 28.3. The number of benzene rings is 2. The van der Waals surface area contributed by atoms with Crippen LogP contribution < -0.4 is 10.0 Å². The first-order chi connectivity index (χ1) is 17.3. The Morgan fingerprint density at radius 1 is 0.973 bits per heavy atom. The number of pyridine rings is 1. The van der Waals surface area contributed by atoms with Crippen LogP contribution in [0.1, 0.15) is 46.5 Å². The number of carbonyl (C=O) groups is 1. The minimum Gasteiger partial charge on any atom is -0.351 e. The van der Waals surface area contributed by atoms with E-state index in [0.717, 1.165) is 24.0 Å². The molecule has 198 valence electrons. The predicted octanol–water partition coefficient (Wildman–Crippen LogP) is 4.49. The van der Waals surface area contributed by atoms with E-state index in [1.807, 2.05) is 30.3 Å². The lowest BCUT2D eigenvalue weighted by Crippen LogP contribution is -2.28. The number of nitrogens with one attached hydrogen (secondary N) is 2. The SMILES string of the molecule is CC(C(=O)NCc1ccc(C(F)(F)F)nc1CCc1ccccc1)c1ccc(CNS(C)(=O)=O)c(F)c1. The number of sulfonamides is 1. The van der Waals surface area contributed by atoms with Crippen LogP contribution in [0, 0.1) is 5.82 Å². The molecule has 2 aromatic carbocycles. The lowest BCUT2D eigenvalue weighted by Gasteiger charge is -2.16. The molecule has 0 spiro atoms. The van der Waals surface area contributed by atoms with Gasteiger partial charge in [0.2, 0.25) is 15.9 Å². The van der Waals surface area contributed by atoms with Gasteiger partial charge in [0.05, 0.1) is 12.2 Å². The summed E-state index contributed by atoms with van der Waals surface area (Å²) in [6.45, 7) is 1.30. The Hall–Kier alpha value is -3.31. The highest BCUT2D eigenvalue weighted by molar-refractivity contribution is 7.88. The molecule has 0 saturated heterocycles. The van der Waals surface area contributed by atoms with E-state index in [1.54, 1.807) is 6.92 Å². The average molecular weight is 538 g/mol. The van der Waals surface area contributed by atoms with Gasteiger partial charge in [-0.3, -0.25) is 4.79 Å². The number of amides is 1. The van der Waals surface area contributed by atoms with Crippen molar-refractivity contribution in [3.8, 4) is 0 Å². The number of aromatic nitrogens is 1. The minimum atomic E-state index is -4.59. The second-order valence-electron chi connectivity index (χ2n) is 8.67. The highest BCUT2D eigenvalue weighted by atomic mass is 32.2. The van der Waals surface area contributed by atoms with Gasteiger partial charge >= 0.3 is 6.18 Å². The summed E-state index contributed by atoms with van der Waals surface area (Å²) in [4.78, 5) is 16.6. The summed E-state index contributed by atoms with van der Waals surface area (Å²) in [6, 6.07) is 15.6. The first-order valence-corrected chi connectivity index (χ1v) is 13.3. The van der Waals surface area contributed by atoms with Crippen LogP contribution in [0.2, 0.25) is 0 Å². The average Bonchev–Trinajstić information content (AvgIpc) is 2.84. The van der Waals surface area contributed by atoms with Gasteiger partial charge < -0.3 is 5.32 Å². The number of aryl methyl sites for hydroxylation is 2. The Kier molecular flexibility index (Phi) is 9.03. The van der Waals surface area contributed by atoms with E-state index in [9.17, 15) is 30.8 Å². The van der Waals surface area contributed by atoms with Gasteiger partial charge in [-0.2, -0.15) is 13.2 Å². The van der Waals surface area contributed by atoms with Gasteiger partial charge in [0.15, 0.2) is 0 Å². The molecule has 0 bridgehead atoms. The highest BCUT2D eigenvalue weighted by Gasteiger charge is 2.33. The third-order valence-corrected chi connectivity index (χ3v) is 6.47. The van der Waals surface area contributed by atoms with Gasteiger partial charge in [0.25, 0.3) is 0 Å². The van der Waals surface area contributed by atoms with Crippen LogP contribution in [-0.2, 0) is 46.9 Å². The van der Waals surface area contributed by atoms with Gasteiger partial charge in [-0.15, -0.1) is 0 Å². The fraction of sp³-hybridized carbons (Fsp3) is 0.308. The number of rotatable bonds is 10. The monoisotopic (exact) mass is 537 g/mol. The highest BCUT2D eigenvalue weighted by Crippen LogP contribution is 2.29. The van der Waals surface area contributed by atoms with Crippen LogP contribution in [0.5, 0.6) is 0 Å². The Morgan fingerprint density at radius 3 is 2.27 bits per heavy atom. The molecule has 1 aromatic heterocycles. The molecule has 2 N–H and O–H groups in total. The molecule has 3 rings (SSSR count). The maximum atomic E-state index is 14.4. The quantitative estimate of drug-likeness (QED) is 0.373. The van der Waals surface area contributed by atoms with Crippen molar-refractivity contribution in [3.63, 3.8) is 0 Å². The van der Waals surface area contributed by atoms with Gasteiger partial charge in [0, 0.05) is 24.3 Å². The summed E-state index contributed by atoms with van der Waals surface area (Å²) < 4.78 is 78.8. The minimum absolute atomic E-state index is 0.0444. The molecule has 1 unspecified atom stereocenters. The summed E-state index contributed by atoms with van der Waals surface area (Å²) in [5.41, 5.74) is 1.13. The molecule has 37 heavy (non-hydrogen) atoms. The number of carbonyl (C=O) groups excluding carboxylic acids is 1. The van der Waals surface area contributed by atoms with Gasteiger partial charge in [-0.1, -0.05) is 48.5 Å². The summed E-state index contributed by atoms with van der Waals surface area (Å²) in [5.74, 6) is -1.87. The van der Waals surface area contributed by atoms with Crippen LogP contribution >= 0.6 is 0 Å². The normalized spacial score (nSPS) is 12.8. The molecule has 0 radical (unpaired) electrons. The maximum Gasteiger partial charge on any atom is 0.433 e. The standard InChI is InChI=1S/C26H27F4N3O3S/c1-17(19-9-10-20(22(27)14-19)16-32-37(2,35)36)25(34)31-15-21-11-13-24(26(28,29)30)33-23(21)12-8-18-6-4-3-5-7-18/h3-7,9-11,13-14,17,32H,8,12,15-16H2,1-2H3,(H,31,34). The molecular formula is C26H27F4N3O3S. The molecule has 0 aliphatic heterocycles.